The number of aromatic hydroxyl groups is 3. The van der Waals surface area contributed by atoms with Crippen LogP contribution in [-0.4, -0.2) is 32.7 Å². The van der Waals surface area contributed by atoms with Crippen molar-refractivity contribution in [1.29, 1.82) is 0 Å². The number of phenols is 3. The quantitative estimate of drug-likeness (QED) is 0.141. The Morgan fingerprint density at radius 2 is 1.03 bits per heavy atom. The van der Waals surface area contributed by atoms with Crippen LogP contribution in [0.3, 0.4) is 0 Å². The molecule has 5 rings (SSSR count). The van der Waals surface area contributed by atoms with Gasteiger partial charge in [0.05, 0.1) is 11.1 Å². The molecule has 0 bridgehead atoms. The Morgan fingerprint density at radius 3 is 1.67 bits per heavy atom. The molecular formula is C27H16O6. The van der Waals surface area contributed by atoms with Gasteiger partial charge >= 0.3 is 0 Å². The highest BCUT2D eigenvalue weighted by Gasteiger charge is 2.39. The molecule has 0 spiro atoms. The lowest BCUT2D eigenvalue weighted by Crippen LogP contribution is -2.31. The summed E-state index contributed by atoms with van der Waals surface area (Å²) in [5.41, 5.74) is -0.564. The molecule has 0 amide bonds. The normalized spacial score (nSPS) is 15.0. The summed E-state index contributed by atoms with van der Waals surface area (Å²) in [6, 6.07) is 20.5. The molecule has 0 saturated carbocycles. The number of phenolic OH excluding ortho intramolecular Hbond substituents is 3. The number of Topliss-reactive ketones (excluding diaryl/α,β-unsaturated/α-hetero) is 3. The van der Waals surface area contributed by atoms with Crippen LogP contribution >= 0.6 is 0 Å². The van der Waals surface area contributed by atoms with Gasteiger partial charge < -0.3 is 15.3 Å². The van der Waals surface area contributed by atoms with Crippen molar-refractivity contribution in [2.45, 2.75) is 0 Å². The molecule has 4 aromatic carbocycles. The molecule has 0 unspecified atom stereocenters. The molecule has 4 aromatic rings. The van der Waals surface area contributed by atoms with Gasteiger partial charge in [0.2, 0.25) is 11.6 Å². The number of carbonyl (C=O) groups excluding carboxylic acids is 3. The fourth-order valence-corrected chi connectivity index (χ4v) is 4.22. The van der Waals surface area contributed by atoms with Gasteiger partial charge in [-0.15, -0.1) is 0 Å². The number of benzene rings is 4. The number of hydrogen-bond acceptors (Lipinski definition) is 6. The summed E-state index contributed by atoms with van der Waals surface area (Å²) in [6.45, 7) is 0. The monoisotopic (exact) mass is 436 g/mol. The topological polar surface area (TPSA) is 112 Å². The minimum atomic E-state index is -1.05. The van der Waals surface area contributed by atoms with E-state index in [-0.39, 0.29) is 33.0 Å². The number of rotatable bonds is 2. The summed E-state index contributed by atoms with van der Waals surface area (Å²) in [6.07, 6.45) is 0. The molecule has 0 fully saturated rings. The SMILES string of the molecule is O=C1C(=O)c2ccccc2C(=O)/C1=C(\c1ccccc1)c1c(O)c(O)c2ccccc2c1O. The summed E-state index contributed by atoms with van der Waals surface area (Å²) in [5, 5.41) is 33.1. The van der Waals surface area contributed by atoms with Gasteiger partial charge in [-0.3, -0.25) is 14.4 Å². The van der Waals surface area contributed by atoms with E-state index < -0.39 is 40.2 Å². The second-order valence-electron chi connectivity index (χ2n) is 7.62. The van der Waals surface area contributed by atoms with Crippen LogP contribution in [0.2, 0.25) is 0 Å². The molecule has 1 aliphatic rings. The molecule has 0 atom stereocenters. The van der Waals surface area contributed by atoms with Gasteiger partial charge in [0.1, 0.15) is 5.75 Å². The predicted molar refractivity (Wildman–Crippen MR) is 122 cm³/mol. The van der Waals surface area contributed by atoms with Gasteiger partial charge in [-0.25, -0.2) is 0 Å². The third kappa shape index (κ3) is 2.92. The smallest absolute Gasteiger partial charge is 0.238 e. The number of fused-ring (bicyclic) bond motifs is 2. The summed E-state index contributed by atoms with van der Waals surface area (Å²) >= 11 is 0. The van der Waals surface area contributed by atoms with Crippen LogP contribution in [0.4, 0.5) is 0 Å². The maximum absolute atomic E-state index is 13.5. The van der Waals surface area contributed by atoms with Crippen LogP contribution < -0.4 is 0 Å². The van der Waals surface area contributed by atoms with Gasteiger partial charge in [-0.2, -0.15) is 0 Å². The third-order valence-electron chi connectivity index (χ3n) is 5.77. The average molecular weight is 436 g/mol. The zero-order valence-corrected chi connectivity index (χ0v) is 17.1. The van der Waals surface area contributed by atoms with E-state index in [0.29, 0.717) is 5.56 Å². The highest BCUT2D eigenvalue weighted by atomic mass is 16.3. The lowest BCUT2D eigenvalue weighted by molar-refractivity contribution is -0.111. The summed E-state index contributed by atoms with van der Waals surface area (Å²) in [4.78, 5) is 39.6. The van der Waals surface area contributed by atoms with Gasteiger partial charge in [0, 0.05) is 27.5 Å². The number of carbonyl (C=O) groups is 3. The molecule has 6 nitrogen and oxygen atoms in total. The first-order chi connectivity index (χ1) is 15.9. The van der Waals surface area contributed by atoms with E-state index in [1.54, 1.807) is 54.6 Å². The van der Waals surface area contributed by atoms with E-state index in [1.807, 2.05) is 0 Å². The van der Waals surface area contributed by atoms with E-state index in [2.05, 4.69) is 0 Å². The van der Waals surface area contributed by atoms with Crippen LogP contribution in [0.1, 0.15) is 31.8 Å². The molecule has 0 radical (unpaired) electrons. The Hall–Kier alpha value is -4.71. The van der Waals surface area contributed by atoms with E-state index in [0.717, 1.165) is 0 Å². The van der Waals surface area contributed by atoms with Crippen molar-refractivity contribution in [2.24, 2.45) is 0 Å². The Morgan fingerprint density at radius 1 is 0.515 bits per heavy atom. The average Bonchev–Trinajstić information content (AvgIpc) is 2.85. The largest absolute Gasteiger partial charge is 0.507 e. The maximum atomic E-state index is 13.5. The molecule has 0 aromatic heterocycles. The van der Waals surface area contributed by atoms with E-state index >= 15 is 0 Å². The Bertz CT molecular complexity index is 1530. The fourth-order valence-electron chi connectivity index (χ4n) is 4.22. The minimum absolute atomic E-state index is 0.00142. The fraction of sp³-hybridized carbons (Fsp3) is 0. The second-order valence-corrected chi connectivity index (χ2v) is 7.62. The van der Waals surface area contributed by atoms with Gasteiger partial charge in [0.25, 0.3) is 0 Å². The van der Waals surface area contributed by atoms with Crippen molar-refractivity contribution < 1.29 is 29.7 Å². The van der Waals surface area contributed by atoms with Gasteiger partial charge in [0.15, 0.2) is 17.3 Å². The van der Waals surface area contributed by atoms with Crippen LogP contribution in [0, 0.1) is 0 Å². The van der Waals surface area contributed by atoms with Gasteiger partial charge in [-0.1, -0.05) is 78.9 Å². The molecule has 33 heavy (non-hydrogen) atoms. The first-order valence-corrected chi connectivity index (χ1v) is 10.1. The molecule has 0 saturated heterocycles. The van der Waals surface area contributed by atoms with Crippen LogP contribution in [0.25, 0.3) is 16.3 Å². The Kier molecular flexibility index (Phi) is 4.57. The molecule has 0 heterocycles. The molecule has 3 N–H and O–H groups in total. The van der Waals surface area contributed by atoms with Crippen LogP contribution in [0.15, 0.2) is 84.4 Å². The number of allylic oxidation sites excluding steroid dienone is 1. The zero-order valence-electron chi connectivity index (χ0n) is 17.1. The maximum Gasteiger partial charge on any atom is 0.238 e. The summed E-state index contributed by atoms with van der Waals surface area (Å²) < 4.78 is 0. The van der Waals surface area contributed by atoms with Crippen molar-refractivity contribution in [1.82, 2.24) is 0 Å². The first-order valence-electron chi connectivity index (χ1n) is 10.1. The van der Waals surface area contributed by atoms with E-state index in [9.17, 15) is 29.7 Å². The lowest BCUT2D eigenvalue weighted by Gasteiger charge is -2.22. The number of hydrogen-bond donors (Lipinski definition) is 3. The highest BCUT2D eigenvalue weighted by molar-refractivity contribution is 6.61. The molecule has 6 heteroatoms. The van der Waals surface area contributed by atoms with Crippen LogP contribution in [-0.2, 0) is 4.79 Å². The molecule has 0 aliphatic heterocycles. The van der Waals surface area contributed by atoms with E-state index in [4.69, 9.17) is 0 Å². The predicted octanol–water partition coefficient (Wildman–Crippen LogP) is 4.41. The minimum Gasteiger partial charge on any atom is -0.507 e. The van der Waals surface area contributed by atoms with Crippen LogP contribution in [0.5, 0.6) is 17.2 Å². The van der Waals surface area contributed by atoms with Crippen molar-refractivity contribution in [3.05, 3.63) is 107 Å². The summed E-state index contributed by atoms with van der Waals surface area (Å²) in [5.74, 6) is -4.28. The van der Waals surface area contributed by atoms with Crippen molar-refractivity contribution in [3.8, 4) is 17.2 Å². The highest BCUT2D eigenvalue weighted by Crippen LogP contribution is 2.49. The Labute approximate surface area is 187 Å². The molecular weight excluding hydrogens is 420 g/mol. The second kappa shape index (κ2) is 7.46. The zero-order chi connectivity index (χ0) is 23.3. The molecule has 1 aliphatic carbocycles. The third-order valence-corrected chi connectivity index (χ3v) is 5.77. The van der Waals surface area contributed by atoms with E-state index in [1.165, 1.54) is 24.3 Å². The van der Waals surface area contributed by atoms with Crippen molar-refractivity contribution in [2.75, 3.05) is 0 Å². The lowest BCUT2D eigenvalue weighted by atomic mass is 9.79. The van der Waals surface area contributed by atoms with Crippen molar-refractivity contribution in [3.63, 3.8) is 0 Å². The first kappa shape index (κ1) is 20.2. The standard InChI is InChI=1S/C27H16O6/c28-22-15-10-4-6-12-17(15)24(30)26(32)20(22)19(14-8-2-1-3-9-14)21-23(29)16-11-5-7-13-18(16)25(31)27(21)33/h1-13,28,30,32H/b21-19-. The number of ketones is 3. The van der Waals surface area contributed by atoms with Gasteiger partial charge in [-0.05, 0) is 5.56 Å². The molecule has 160 valence electrons. The van der Waals surface area contributed by atoms with Crippen molar-refractivity contribution >= 4 is 33.7 Å². The summed E-state index contributed by atoms with van der Waals surface area (Å²) in [7, 11) is 0. The Balaban J connectivity index is 1.96.